The molecule has 4 heterocycles. The molecule has 0 spiro atoms. The third kappa shape index (κ3) is 8.35. The molecule has 0 bridgehead atoms. The minimum absolute atomic E-state index is 0.884. The molecule has 0 atom stereocenters. The van der Waals surface area contributed by atoms with Crippen LogP contribution in [-0.4, -0.2) is 19.1 Å². The zero-order valence-electron chi connectivity index (χ0n) is 44.6. The van der Waals surface area contributed by atoms with Gasteiger partial charge in [0.25, 0.3) is 0 Å². The van der Waals surface area contributed by atoms with Crippen LogP contribution in [0.15, 0.2) is 261 Å². The standard InChI is InChI=1S/C74H55N5/c1-48-36-49(2)74(67(37-48)54-26-12-7-13-27-54)77(57-38-55(68-44-65(50(3)46-75-68)52-22-8-5-9-23-52)40-59(42-57)78-70-32-18-14-28-61(70)62-29-15-19-33-71(62)78)58-39-56(69-45-66(51(4)47-76-69)53-24-10-6-11-25-53)41-60(43-58)79-72-34-20-16-30-63(72)64-31-17-21-35-73(64)79/h5-47H,1-4H3. The van der Waals surface area contributed by atoms with Gasteiger partial charge in [0.1, 0.15) is 0 Å². The third-order valence-electron chi connectivity index (χ3n) is 15.7. The molecule has 5 nitrogen and oxygen atoms in total. The van der Waals surface area contributed by atoms with Crippen molar-refractivity contribution in [1.82, 2.24) is 19.1 Å². The fourth-order valence-corrected chi connectivity index (χ4v) is 12.1. The van der Waals surface area contributed by atoms with Crippen molar-refractivity contribution < 1.29 is 0 Å². The molecule has 0 saturated carbocycles. The lowest BCUT2D eigenvalue weighted by molar-refractivity contribution is 1.15. The van der Waals surface area contributed by atoms with E-state index < -0.39 is 0 Å². The number of hydrogen-bond acceptors (Lipinski definition) is 3. The Bertz CT molecular complexity index is 4290. The number of benzene rings is 10. The van der Waals surface area contributed by atoms with Crippen LogP contribution >= 0.6 is 0 Å². The second kappa shape index (κ2) is 19.5. The first-order chi connectivity index (χ1) is 38.8. The van der Waals surface area contributed by atoms with E-state index in [1.165, 1.54) is 27.1 Å². The molecule has 0 aliphatic carbocycles. The van der Waals surface area contributed by atoms with Crippen LogP contribution in [0.2, 0.25) is 0 Å². The van der Waals surface area contributed by atoms with Crippen LogP contribution in [0.4, 0.5) is 17.1 Å². The number of aromatic nitrogens is 4. The van der Waals surface area contributed by atoms with Crippen molar-refractivity contribution in [3.63, 3.8) is 0 Å². The van der Waals surface area contributed by atoms with Crippen LogP contribution < -0.4 is 4.90 Å². The molecule has 0 radical (unpaired) electrons. The van der Waals surface area contributed by atoms with Gasteiger partial charge >= 0.3 is 0 Å². The van der Waals surface area contributed by atoms with Gasteiger partial charge in [0, 0.05) is 73.4 Å². The average Bonchev–Trinajstić information content (AvgIpc) is 4.22. The van der Waals surface area contributed by atoms with Crippen molar-refractivity contribution in [3.8, 4) is 67.3 Å². The monoisotopic (exact) mass is 1010 g/mol. The second-order valence-electron chi connectivity index (χ2n) is 20.9. The van der Waals surface area contributed by atoms with E-state index in [-0.39, 0.29) is 0 Å². The summed E-state index contributed by atoms with van der Waals surface area (Å²) in [6.07, 6.45) is 4.05. The highest BCUT2D eigenvalue weighted by atomic mass is 15.2. The Morgan fingerprint density at radius 2 is 0.658 bits per heavy atom. The molecule has 79 heavy (non-hydrogen) atoms. The second-order valence-corrected chi connectivity index (χ2v) is 20.9. The summed E-state index contributed by atoms with van der Waals surface area (Å²) in [5.41, 5.74) is 24.8. The molecule has 0 aliphatic heterocycles. The van der Waals surface area contributed by atoms with Gasteiger partial charge in [-0.3, -0.25) is 9.97 Å². The fourth-order valence-electron chi connectivity index (χ4n) is 12.1. The van der Waals surface area contributed by atoms with Gasteiger partial charge in [-0.25, -0.2) is 0 Å². The lowest BCUT2D eigenvalue weighted by atomic mass is 9.95. The highest BCUT2D eigenvalue weighted by Crippen LogP contribution is 2.48. The van der Waals surface area contributed by atoms with Crippen molar-refractivity contribution in [2.24, 2.45) is 0 Å². The number of para-hydroxylation sites is 4. The van der Waals surface area contributed by atoms with Gasteiger partial charge in [-0.1, -0.05) is 175 Å². The molecule has 5 heteroatoms. The number of pyridine rings is 2. The highest BCUT2D eigenvalue weighted by molar-refractivity contribution is 6.11. The summed E-state index contributed by atoms with van der Waals surface area (Å²) in [7, 11) is 0. The van der Waals surface area contributed by atoms with E-state index in [9.17, 15) is 0 Å². The van der Waals surface area contributed by atoms with E-state index in [0.717, 1.165) is 123 Å². The summed E-state index contributed by atoms with van der Waals surface area (Å²) in [6.45, 7) is 8.77. The van der Waals surface area contributed by atoms with E-state index in [0.29, 0.717) is 0 Å². The molecule has 4 aromatic heterocycles. The lowest BCUT2D eigenvalue weighted by Gasteiger charge is -2.32. The molecule has 376 valence electrons. The molecular weight excluding hydrogens is 959 g/mol. The van der Waals surface area contributed by atoms with Crippen molar-refractivity contribution in [2.45, 2.75) is 27.7 Å². The maximum absolute atomic E-state index is 5.28. The van der Waals surface area contributed by atoms with Crippen molar-refractivity contribution in [1.29, 1.82) is 0 Å². The Morgan fingerprint density at radius 3 is 1.05 bits per heavy atom. The molecule has 0 fully saturated rings. The Morgan fingerprint density at radius 1 is 0.304 bits per heavy atom. The van der Waals surface area contributed by atoms with E-state index in [1.54, 1.807) is 0 Å². The van der Waals surface area contributed by atoms with Gasteiger partial charge in [-0.15, -0.1) is 0 Å². The van der Waals surface area contributed by atoms with Crippen LogP contribution in [0.3, 0.4) is 0 Å². The maximum atomic E-state index is 5.28. The van der Waals surface area contributed by atoms with Gasteiger partial charge in [-0.2, -0.15) is 0 Å². The van der Waals surface area contributed by atoms with Crippen LogP contribution in [0.1, 0.15) is 22.3 Å². The van der Waals surface area contributed by atoms with Gasteiger partial charge in [0.05, 0.1) is 39.1 Å². The Labute approximate surface area is 460 Å². The lowest BCUT2D eigenvalue weighted by Crippen LogP contribution is -2.15. The van der Waals surface area contributed by atoms with E-state index in [2.05, 4.69) is 290 Å². The predicted octanol–water partition coefficient (Wildman–Crippen LogP) is 19.7. The van der Waals surface area contributed by atoms with Gasteiger partial charge in [0.2, 0.25) is 0 Å². The quantitative estimate of drug-likeness (QED) is 0.137. The number of anilines is 3. The summed E-state index contributed by atoms with van der Waals surface area (Å²) in [5, 5.41) is 4.80. The average molecular weight is 1010 g/mol. The molecular formula is C74H55N5. The Balaban J connectivity index is 1.12. The van der Waals surface area contributed by atoms with Gasteiger partial charge < -0.3 is 14.0 Å². The normalized spacial score (nSPS) is 11.5. The summed E-state index contributed by atoms with van der Waals surface area (Å²) in [4.78, 5) is 13.1. The Hall–Kier alpha value is -10.1. The van der Waals surface area contributed by atoms with Crippen LogP contribution in [0.5, 0.6) is 0 Å². The van der Waals surface area contributed by atoms with E-state index >= 15 is 0 Å². The van der Waals surface area contributed by atoms with Crippen molar-refractivity contribution in [2.75, 3.05) is 4.90 Å². The molecule has 0 amide bonds. The largest absolute Gasteiger partial charge is 0.309 e. The Kier molecular flexibility index (Phi) is 11.7. The van der Waals surface area contributed by atoms with Crippen LogP contribution in [-0.2, 0) is 0 Å². The van der Waals surface area contributed by atoms with Gasteiger partial charge in [-0.05, 0) is 151 Å². The zero-order chi connectivity index (χ0) is 53.1. The molecule has 14 rings (SSSR count). The van der Waals surface area contributed by atoms with E-state index in [4.69, 9.17) is 9.97 Å². The number of fused-ring (bicyclic) bond motifs is 6. The first kappa shape index (κ1) is 47.4. The first-order valence-corrected chi connectivity index (χ1v) is 27.1. The van der Waals surface area contributed by atoms with Crippen molar-refractivity contribution >= 4 is 60.7 Å². The summed E-state index contributed by atoms with van der Waals surface area (Å²) in [5.74, 6) is 0. The third-order valence-corrected chi connectivity index (χ3v) is 15.7. The van der Waals surface area contributed by atoms with Crippen LogP contribution in [0.25, 0.3) is 111 Å². The molecule has 0 N–H and O–H groups in total. The SMILES string of the molecule is Cc1cc(C)c(N(c2cc(-c3cc(-c4ccccc4)c(C)cn3)cc(-n3c4ccccc4c4ccccc43)c2)c2cc(-c3cc(-c4ccccc4)c(C)cn3)cc(-n3c4ccccc4c4ccccc43)c2)c(-c2ccccc2)c1. The molecule has 14 aromatic rings. The summed E-state index contributed by atoms with van der Waals surface area (Å²) >= 11 is 0. The van der Waals surface area contributed by atoms with E-state index in [1.807, 2.05) is 12.4 Å². The number of rotatable bonds is 10. The van der Waals surface area contributed by atoms with Gasteiger partial charge in [0.15, 0.2) is 0 Å². The van der Waals surface area contributed by atoms with Crippen molar-refractivity contribution in [3.05, 3.63) is 283 Å². The van der Waals surface area contributed by atoms with Crippen LogP contribution in [0, 0.1) is 27.7 Å². The smallest absolute Gasteiger partial charge is 0.0709 e. The summed E-state index contributed by atoms with van der Waals surface area (Å²) < 4.78 is 4.87. The fraction of sp³-hybridized carbons (Fsp3) is 0.0541. The maximum Gasteiger partial charge on any atom is 0.0709 e. The highest BCUT2D eigenvalue weighted by Gasteiger charge is 2.26. The number of hydrogen-bond donors (Lipinski definition) is 0. The predicted molar refractivity (Wildman–Crippen MR) is 332 cm³/mol. The molecule has 10 aromatic carbocycles. The minimum Gasteiger partial charge on any atom is -0.309 e. The molecule has 0 saturated heterocycles. The topological polar surface area (TPSA) is 38.9 Å². The zero-order valence-corrected chi connectivity index (χ0v) is 44.6. The summed E-state index contributed by atoms with van der Waals surface area (Å²) in [6, 6.07) is 90.6. The minimum atomic E-state index is 0.884. The molecule has 0 unspecified atom stereocenters. The first-order valence-electron chi connectivity index (χ1n) is 27.1. The number of aryl methyl sites for hydroxylation is 4. The number of nitrogens with zero attached hydrogens (tertiary/aromatic N) is 5. The molecule has 0 aliphatic rings.